The standard InChI is InChI=1S/C15H19N3OS.2ClH/c1-11-14(15(19)17-9-5-8-16)20-13(18-11)10-12-6-3-2-4-7-12;;/h2-4,6-7H,5,8-10,16H2,1H3,(H,17,19);2*1H. The molecule has 0 saturated carbocycles. The zero-order valence-electron chi connectivity index (χ0n) is 12.4. The van der Waals surface area contributed by atoms with E-state index in [1.807, 2.05) is 25.1 Å². The van der Waals surface area contributed by atoms with Crippen LogP contribution in [0.4, 0.5) is 0 Å². The largest absolute Gasteiger partial charge is 0.351 e. The van der Waals surface area contributed by atoms with Crippen LogP contribution in [0.2, 0.25) is 0 Å². The van der Waals surface area contributed by atoms with Crippen molar-refractivity contribution in [3.8, 4) is 0 Å². The summed E-state index contributed by atoms with van der Waals surface area (Å²) < 4.78 is 0. The number of aromatic nitrogens is 1. The van der Waals surface area contributed by atoms with Crippen LogP contribution >= 0.6 is 36.2 Å². The zero-order chi connectivity index (χ0) is 14.4. The lowest BCUT2D eigenvalue weighted by Crippen LogP contribution is -2.25. The van der Waals surface area contributed by atoms with E-state index in [-0.39, 0.29) is 30.7 Å². The van der Waals surface area contributed by atoms with Crippen LogP contribution in [0.3, 0.4) is 0 Å². The number of aryl methyl sites for hydroxylation is 1. The number of carbonyl (C=O) groups is 1. The lowest BCUT2D eigenvalue weighted by molar-refractivity contribution is 0.0956. The third-order valence-corrected chi connectivity index (χ3v) is 4.07. The molecule has 0 spiro atoms. The molecule has 0 unspecified atom stereocenters. The first kappa shape index (κ1) is 20.9. The van der Waals surface area contributed by atoms with E-state index >= 15 is 0 Å². The number of benzene rings is 1. The number of hydrogen-bond donors (Lipinski definition) is 2. The summed E-state index contributed by atoms with van der Waals surface area (Å²) in [5.41, 5.74) is 7.41. The van der Waals surface area contributed by atoms with Gasteiger partial charge in [0, 0.05) is 13.0 Å². The monoisotopic (exact) mass is 361 g/mol. The minimum absolute atomic E-state index is 0. The molecule has 0 aliphatic heterocycles. The minimum atomic E-state index is -0.0484. The van der Waals surface area contributed by atoms with Crippen molar-refractivity contribution >= 4 is 42.1 Å². The average Bonchev–Trinajstić information content (AvgIpc) is 2.81. The first-order valence-corrected chi connectivity index (χ1v) is 7.51. The van der Waals surface area contributed by atoms with E-state index in [2.05, 4.69) is 22.4 Å². The molecular formula is C15H21Cl2N3OS. The number of carbonyl (C=O) groups excluding carboxylic acids is 1. The first-order valence-electron chi connectivity index (χ1n) is 6.69. The molecule has 0 fully saturated rings. The van der Waals surface area contributed by atoms with Gasteiger partial charge in [0.15, 0.2) is 0 Å². The molecule has 1 aromatic carbocycles. The van der Waals surface area contributed by atoms with Gasteiger partial charge < -0.3 is 11.1 Å². The number of nitrogens with zero attached hydrogens (tertiary/aromatic N) is 1. The normalized spacial score (nSPS) is 9.55. The number of halogens is 2. The fourth-order valence-electron chi connectivity index (χ4n) is 1.89. The van der Waals surface area contributed by atoms with E-state index in [4.69, 9.17) is 5.73 Å². The Morgan fingerprint density at radius 2 is 1.95 bits per heavy atom. The van der Waals surface area contributed by atoms with Crippen LogP contribution in [-0.2, 0) is 6.42 Å². The van der Waals surface area contributed by atoms with Crippen molar-refractivity contribution in [1.82, 2.24) is 10.3 Å². The van der Waals surface area contributed by atoms with Gasteiger partial charge in [0.2, 0.25) is 0 Å². The van der Waals surface area contributed by atoms with Gasteiger partial charge in [-0.3, -0.25) is 4.79 Å². The lowest BCUT2D eigenvalue weighted by atomic mass is 10.2. The van der Waals surface area contributed by atoms with E-state index in [0.29, 0.717) is 18.0 Å². The Bertz CT molecular complexity index is 575. The molecule has 0 bridgehead atoms. The van der Waals surface area contributed by atoms with Crippen molar-refractivity contribution in [3.63, 3.8) is 0 Å². The topological polar surface area (TPSA) is 68.0 Å². The maximum atomic E-state index is 12.0. The van der Waals surface area contributed by atoms with Crippen LogP contribution in [0.1, 0.15) is 32.4 Å². The second-order valence-corrected chi connectivity index (χ2v) is 5.67. The maximum Gasteiger partial charge on any atom is 0.263 e. The SMILES string of the molecule is Cc1nc(Cc2ccccc2)sc1C(=O)NCCCN.Cl.Cl. The second-order valence-electron chi connectivity index (χ2n) is 4.58. The van der Waals surface area contributed by atoms with Crippen molar-refractivity contribution in [2.45, 2.75) is 19.8 Å². The molecule has 1 aromatic heterocycles. The molecule has 2 aromatic rings. The van der Waals surface area contributed by atoms with Gasteiger partial charge in [-0.1, -0.05) is 30.3 Å². The van der Waals surface area contributed by atoms with Gasteiger partial charge in [-0.25, -0.2) is 4.98 Å². The molecule has 1 heterocycles. The molecular weight excluding hydrogens is 341 g/mol. The van der Waals surface area contributed by atoms with Crippen molar-refractivity contribution < 1.29 is 4.79 Å². The second kappa shape index (κ2) is 10.6. The van der Waals surface area contributed by atoms with Crippen LogP contribution in [-0.4, -0.2) is 24.0 Å². The van der Waals surface area contributed by atoms with Crippen molar-refractivity contribution in [2.24, 2.45) is 5.73 Å². The molecule has 3 N–H and O–H groups in total. The van der Waals surface area contributed by atoms with Crippen LogP contribution in [0.5, 0.6) is 0 Å². The quantitative estimate of drug-likeness (QED) is 0.777. The van der Waals surface area contributed by atoms with E-state index in [0.717, 1.165) is 23.5 Å². The lowest BCUT2D eigenvalue weighted by Gasteiger charge is -2.01. The van der Waals surface area contributed by atoms with Gasteiger partial charge in [-0.2, -0.15) is 0 Å². The van der Waals surface area contributed by atoms with Crippen LogP contribution in [0.15, 0.2) is 30.3 Å². The molecule has 122 valence electrons. The Morgan fingerprint density at radius 1 is 1.27 bits per heavy atom. The average molecular weight is 362 g/mol. The molecule has 0 aliphatic rings. The fraction of sp³-hybridized carbons (Fsp3) is 0.333. The van der Waals surface area contributed by atoms with Crippen LogP contribution in [0, 0.1) is 6.92 Å². The summed E-state index contributed by atoms with van der Waals surface area (Å²) >= 11 is 1.47. The van der Waals surface area contributed by atoms with E-state index < -0.39 is 0 Å². The molecule has 4 nitrogen and oxygen atoms in total. The third-order valence-electron chi connectivity index (χ3n) is 2.91. The number of nitrogens with one attached hydrogen (secondary N) is 1. The van der Waals surface area contributed by atoms with Gasteiger partial charge in [0.1, 0.15) is 4.88 Å². The summed E-state index contributed by atoms with van der Waals surface area (Å²) in [6, 6.07) is 10.1. The summed E-state index contributed by atoms with van der Waals surface area (Å²) in [6.07, 6.45) is 1.56. The molecule has 1 amide bonds. The third kappa shape index (κ3) is 5.93. The van der Waals surface area contributed by atoms with E-state index in [9.17, 15) is 4.79 Å². The molecule has 7 heteroatoms. The van der Waals surface area contributed by atoms with Crippen LogP contribution < -0.4 is 11.1 Å². The number of nitrogens with two attached hydrogens (primary N) is 1. The molecule has 2 rings (SSSR count). The summed E-state index contributed by atoms with van der Waals surface area (Å²) in [5, 5.41) is 3.84. The van der Waals surface area contributed by atoms with Gasteiger partial charge in [0.05, 0.1) is 10.7 Å². The molecule has 0 atom stereocenters. The highest BCUT2D eigenvalue weighted by molar-refractivity contribution is 7.13. The Hall–Kier alpha value is -1.14. The summed E-state index contributed by atoms with van der Waals surface area (Å²) in [4.78, 5) is 17.2. The predicted molar refractivity (Wildman–Crippen MR) is 96.6 cm³/mol. The highest BCUT2D eigenvalue weighted by Crippen LogP contribution is 2.20. The minimum Gasteiger partial charge on any atom is -0.351 e. The zero-order valence-corrected chi connectivity index (χ0v) is 14.8. The summed E-state index contributed by atoms with van der Waals surface area (Å²) in [5.74, 6) is -0.0484. The molecule has 0 aliphatic carbocycles. The first-order chi connectivity index (χ1) is 9.70. The predicted octanol–water partition coefficient (Wildman–Crippen LogP) is 2.96. The number of rotatable bonds is 6. The van der Waals surface area contributed by atoms with E-state index in [1.54, 1.807) is 0 Å². The Balaban J connectivity index is 0.00000220. The van der Waals surface area contributed by atoms with Crippen molar-refractivity contribution in [2.75, 3.05) is 13.1 Å². The van der Waals surface area contributed by atoms with Crippen molar-refractivity contribution in [3.05, 3.63) is 51.5 Å². The number of amides is 1. The highest BCUT2D eigenvalue weighted by atomic mass is 35.5. The highest BCUT2D eigenvalue weighted by Gasteiger charge is 2.14. The number of thiazole rings is 1. The Morgan fingerprint density at radius 3 is 2.59 bits per heavy atom. The smallest absolute Gasteiger partial charge is 0.263 e. The maximum absolute atomic E-state index is 12.0. The fourth-order valence-corrected chi connectivity index (χ4v) is 2.91. The summed E-state index contributed by atoms with van der Waals surface area (Å²) in [6.45, 7) is 3.07. The molecule has 0 saturated heterocycles. The Labute approximate surface area is 147 Å². The van der Waals surface area contributed by atoms with Gasteiger partial charge in [-0.15, -0.1) is 36.2 Å². The van der Waals surface area contributed by atoms with Crippen LogP contribution in [0.25, 0.3) is 0 Å². The summed E-state index contributed by atoms with van der Waals surface area (Å²) in [7, 11) is 0. The van der Waals surface area contributed by atoms with Gasteiger partial charge in [-0.05, 0) is 25.5 Å². The van der Waals surface area contributed by atoms with Gasteiger partial charge in [0.25, 0.3) is 5.91 Å². The number of hydrogen-bond acceptors (Lipinski definition) is 4. The van der Waals surface area contributed by atoms with Crippen molar-refractivity contribution in [1.29, 1.82) is 0 Å². The Kier molecular flexibility index (Phi) is 10.0. The molecule has 22 heavy (non-hydrogen) atoms. The van der Waals surface area contributed by atoms with E-state index in [1.165, 1.54) is 16.9 Å². The van der Waals surface area contributed by atoms with Gasteiger partial charge >= 0.3 is 0 Å². The molecule has 0 radical (unpaired) electrons.